The molecule has 36 heavy (non-hydrogen) atoms. The van der Waals surface area contributed by atoms with E-state index in [4.69, 9.17) is 33.2 Å². The molecule has 0 aliphatic carbocycles. The van der Waals surface area contributed by atoms with Crippen molar-refractivity contribution >= 4 is 34.9 Å². The SMILES string of the molecule is Cc1cc(C(=O)N2CCN(c3cnc(-c4ccc(Cl)cc4C)c(-c4ccncc4Cl)n3)CC2)n(C)n1. The molecular weight excluding hydrogens is 497 g/mol. The van der Waals surface area contributed by atoms with Gasteiger partial charge < -0.3 is 9.80 Å². The Kier molecular flexibility index (Phi) is 6.64. The molecule has 4 aromatic rings. The molecule has 5 rings (SSSR count). The lowest BCUT2D eigenvalue weighted by Crippen LogP contribution is -2.49. The van der Waals surface area contributed by atoms with Gasteiger partial charge in [-0.25, -0.2) is 4.98 Å². The Morgan fingerprint density at radius 1 is 0.944 bits per heavy atom. The quantitative estimate of drug-likeness (QED) is 0.382. The first kappa shape index (κ1) is 24.2. The smallest absolute Gasteiger partial charge is 0.272 e. The zero-order chi connectivity index (χ0) is 25.4. The van der Waals surface area contributed by atoms with Gasteiger partial charge in [0.05, 0.1) is 22.6 Å². The van der Waals surface area contributed by atoms with Crippen molar-refractivity contribution in [3.05, 3.63) is 75.9 Å². The second-order valence-electron chi connectivity index (χ2n) is 8.81. The molecule has 1 saturated heterocycles. The van der Waals surface area contributed by atoms with E-state index in [0.717, 1.165) is 33.9 Å². The van der Waals surface area contributed by atoms with Gasteiger partial charge in [-0.2, -0.15) is 5.10 Å². The lowest BCUT2D eigenvalue weighted by Gasteiger charge is -2.35. The molecule has 184 valence electrons. The molecule has 0 radical (unpaired) electrons. The monoisotopic (exact) mass is 521 g/mol. The number of pyridine rings is 1. The van der Waals surface area contributed by atoms with Gasteiger partial charge in [0.2, 0.25) is 0 Å². The van der Waals surface area contributed by atoms with Gasteiger partial charge >= 0.3 is 0 Å². The third-order valence-corrected chi connectivity index (χ3v) is 6.88. The summed E-state index contributed by atoms with van der Waals surface area (Å²) in [5, 5.41) is 5.46. The van der Waals surface area contributed by atoms with E-state index >= 15 is 0 Å². The molecule has 1 aliphatic rings. The summed E-state index contributed by atoms with van der Waals surface area (Å²) in [7, 11) is 1.79. The van der Waals surface area contributed by atoms with Gasteiger partial charge in [0.15, 0.2) is 0 Å². The fourth-order valence-corrected chi connectivity index (χ4v) is 4.92. The summed E-state index contributed by atoms with van der Waals surface area (Å²) in [4.78, 5) is 31.0. The maximum absolute atomic E-state index is 13.0. The molecule has 1 aromatic carbocycles. The Labute approximate surface area is 219 Å². The molecule has 0 atom stereocenters. The zero-order valence-corrected chi connectivity index (χ0v) is 21.8. The molecule has 3 aromatic heterocycles. The highest BCUT2D eigenvalue weighted by Crippen LogP contribution is 2.36. The average Bonchev–Trinajstić information content (AvgIpc) is 3.21. The minimum Gasteiger partial charge on any atom is -0.352 e. The summed E-state index contributed by atoms with van der Waals surface area (Å²) >= 11 is 12.7. The normalized spacial score (nSPS) is 13.8. The van der Waals surface area contributed by atoms with E-state index < -0.39 is 0 Å². The standard InChI is InChI=1S/C26H25Cl2N7O/c1-16-12-18(27)4-5-19(16)24-25(20-6-7-29-14-21(20)28)31-23(15-30-24)34-8-10-35(11-9-34)26(36)22-13-17(2)32-33(22)3/h4-7,12-15H,8-11H2,1-3H3. The first-order valence-corrected chi connectivity index (χ1v) is 12.4. The van der Waals surface area contributed by atoms with Gasteiger partial charge in [-0.1, -0.05) is 29.3 Å². The van der Waals surface area contributed by atoms with Crippen molar-refractivity contribution in [2.24, 2.45) is 7.05 Å². The Morgan fingerprint density at radius 3 is 2.39 bits per heavy atom. The molecule has 10 heteroatoms. The van der Waals surface area contributed by atoms with Crippen molar-refractivity contribution in [1.29, 1.82) is 0 Å². The number of hydrogen-bond donors (Lipinski definition) is 0. The van der Waals surface area contributed by atoms with Crippen molar-refractivity contribution in [3.63, 3.8) is 0 Å². The van der Waals surface area contributed by atoms with Crippen LogP contribution in [0.25, 0.3) is 22.5 Å². The molecule has 1 amide bonds. The number of hydrogen-bond acceptors (Lipinski definition) is 6. The third kappa shape index (κ3) is 4.66. The lowest BCUT2D eigenvalue weighted by molar-refractivity contribution is 0.0735. The van der Waals surface area contributed by atoms with E-state index in [-0.39, 0.29) is 5.91 Å². The van der Waals surface area contributed by atoms with Crippen LogP contribution in [-0.2, 0) is 7.05 Å². The summed E-state index contributed by atoms with van der Waals surface area (Å²) in [5.74, 6) is 0.721. The minimum absolute atomic E-state index is 0.0124. The van der Waals surface area contributed by atoms with Crippen molar-refractivity contribution in [1.82, 2.24) is 29.6 Å². The maximum Gasteiger partial charge on any atom is 0.272 e. The Hall–Kier alpha value is -3.49. The molecule has 0 bridgehead atoms. The van der Waals surface area contributed by atoms with E-state index in [2.05, 4.69) is 15.0 Å². The van der Waals surface area contributed by atoms with E-state index in [9.17, 15) is 4.79 Å². The molecule has 0 unspecified atom stereocenters. The molecule has 8 nitrogen and oxygen atoms in total. The van der Waals surface area contributed by atoms with Crippen molar-refractivity contribution in [3.8, 4) is 22.5 Å². The minimum atomic E-state index is -0.0124. The van der Waals surface area contributed by atoms with Crippen LogP contribution in [0.4, 0.5) is 5.82 Å². The van der Waals surface area contributed by atoms with E-state index in [0.29, 0.717) is 47.6 Å². The number of amides is 1. The van der Waals surface area contributed by atoms with E-state index in [1.807, 2.05) is 49.1 Å². The van der Waals surface area contributed by atoms with Crippen LogP contribution in [0.1, 0.15) is 21.7 Å². The molecule has 1 fully saturated rings. The van der Waals surface area contributed by atoms with Crippen LogP contribution < -0.4 is 4.90 Å². The number of halogens is 2. The molecule has 1 aliphatic heterocycles. The summed E-state index contributed by atoms with van der Waals surface area (Å²) in [6.07, 6.45) is 5.08. The van der Waals surface area contributed by atoms with E-state index in [1.54, 1.807) is 30.3 Å². The number of nitrogens with zero attached hydrogens (tertiary/aromatic N) is 7. The van der Waals surface area contributed by atoms with Gasteiger partial charge in [-0.05, 0) is 43.7 Å². The van der Waals surface area contributed by atoms with Gasteiger partial charge in [0.25, 0.3) is 5.91 Å². The summed E-state index contributed by atoms with van der Waals surface area (Å²) in [5.41, 5.74) is 5.50. The number of carbonyl (C=O) groups is 1. The fraction of sp³-hybridized carbons (Fsp3) is 0.269. The third-order valence-electron chi connectivity index (χ3n) is 6.34. The number of anilines is 1. The highest BCUT2D eigenvalue weighted by Gasteiger charge is 2.26. The van der Waals surface area contributed by atoms with Crippen molar-refractivity contribution in [2.45, 2.75) is 13.8 Å². The second kappa shape index (κ2) is 9.87. The van der Waals surface area contributed by atoms with Crippen LogP contribution in [0.3, 0.4) is 0 Å². The first-order chi connectivity index (χ1) is 17.3. The molecule has 4 heterocycles. The van der Waals surface area contributed by atoms with Crippen LogP contribution in [0.15, 0.2) is 48.9 Å². The highest BCUT2D eigenvalue weighted by molar-refractivity contribution is 6.33. The van der Waals surface area contributed by atoms with Crippen LogP contribution in [0, 0.1) is 13.8 Å². The van der Waals surface area contributed by atoms with E-state index in [1.165, 1.54) is 0 Å². The zero-order valence-electron chi connectivity index (χ0n) is 20.2. The number of aromatic nitrogens is 5. The van der Waals surface area contributed by atoms with Gasteiger partial charge in [0.1, 0.15) is 17.2 Å². The number of piperazine rings is 1. The fourth-order valence-electron chi connectivity index (χ4n) is 4.49. The predicted octanol–water partition coefficient (Wildman–Crippen LogP) is 4.83. The molecule has 0 N–H and O–H groups in total. The molecule has 0 spiro atoms. The van der Waals surface area contributed by atoms with Gasteiger partial charge in [-0.3, -0.25) is 19.4 Å². The van der Waals surface area contributed by atoms with Crippen LogP contribution >= 0.6 is 23.2 Å². The molecular formula is C26H25Cl2N7O. The topological polar surface area (TPSA) is 80.0 Å². The Balaban J connectivity index is 1.45. The average molecular weight is 522 g/mol. The Bertz CT molecular complexity index is 1440. The maximum atomic E-state index is 13.0. The summed E-state index contributed by atoms with van der Waals surface area (Å²) < 4.78 is 1.64. The number of benzene rings is 1. The Morgan fingerprint density at radius 2 is 1.72 bits per heavy atom. The second-order valence-corrected chi connectivity index (χ2v) is 9.66. The number of aryl methyl sites for hydroxylation is 3. The van der Waals surface area contributed by atoms with Crippen molar-refractivity contribution in [2.75, 3.05) is 31.1 Å². The lowest BCUT2D eigenvalue weighted by atomic mass is 10.0. The van der Waals surface area contributed by atoms with Crippen molar-refractivity contribution < 1.29 is 4.79 Å². The van der Waals surface area contributed by atoms with Crippen LogP contribution in [0.2, 0.25) is 10.0 Å². The van der Waals surface area contributed by atoms with Gasteiger partial charge in [0, 0.05) is 61.8 Å². The molecule has 0 saturated carbocycles. The first-order valence-electron chi connectivity index (χ1n) is 11.6. The number of rotatable bonds is 4. The van der Waals surface area contributed by atoms with Crippen LogP contribution in [0.5, 0.6) is 0 Å². The van der Waals surface area contributed by atoms with Gasteiger partial charge in [-0.15, -0.1) is 0 Å². The summed E-state index contributed by atoms with van der Waals surface area (Å²) in [6, 6.07) is 9.37. The number of carbonyl (C=O) groups excluding carboxylic acids is 1. The summed E-state index contributed by atoms with van der Waals surface area (Å²) in [6.45, 7) is 6.31. The predicted molar refractivity (Wildman–Crippen MR) is 142 cm³/mol. The highest BCUT2D eigenvalue weighted by atomic mass is 35.5. The van der Waals surface area contributed by atoms with Crippen LogP contribution in [-0.4, -0.2) is 61.7 Å². The largest absolute Gasteiger partial charge is 0.352 e.